The Balaban J connectivity index is 1.81. The highest BCUT2D eigenvalue weighted by atomic mass is 32.2. The molecule has 0 aliphatic carbocycles. The highest BCUT2D eigenvalue weighted by molar-refractivity contribution is 7.99. The fourth-order valence-corrected chi connectivity index (χ4v) is 3.80. The lowest BCUT2D eigenvalue weighted by molar-refractivity contribution is -0.911. The molecule has 1 N–H and O–H groups in total. The second-order valence-corrected chi connectivity index (χ2v) is 6.16. The molecule has 0 bridgehead atoms. The summed E-state index contributed by atoms with van der Waals surface area (Å²) in [6, 6.07) is 9.06. The molecule has 0 spiro atoms. The number of carbonyl (C=O) groups excluding carboxylic acids is 2. The Morgan fingerprint density at radius 2 is 1.79 bits per heavy atom. The van der Waals surface area contributed by atoms with E-state index in [4.69, 9.17) is 0 Å². The Labute approximate surface area is 116 Å². The van der Waals surface area contributed by atoms with Crippen molar-refractivity contribution in [3.05, 3.63) is 30.3 Å². The summed E-state index contributed by atoms with van der Waals surface area (Å²) in [6.45, 7) is 1.97. The van der Waals surface area contributed by atoms with Crippen molar-refractivity contribution in [3.8, 4) is 0 Å². The van der Waals surface area contributed by atoms with Gasteiger partial charge in [0.1, 0.15) is 0 Å². The molecule has 1 aromatic rings. The van der Waals surface area contributed by atoms with E-state index in [0.29, 0.717) is 12.1 Å². The van der Waals surface area contributed by atoms with Crippen LogP contribution in [0.3, 0.4) is 0 Å². The van der Waals surface area contributed by atoms with E-state index in [1.54, 1.807) is 0 Å². The van der Waals surface area contributed by atoms with Gasteiger partial charge in [-0.2, -0.15) is 11.8 Å². The maximum atomic E-state index is 12.5. The quantitative estimate of drug-likeness (QED) is 0.771. The van der Waals surface area contributed by atoms with Gasteiger partial charge in [0.2, 0.25) is 5.91 Å². The number of anilines is 1. The molecular formula is C14H17N2O2S+. The van der Waals surface area contributed by atoms with Crippen molar-refractivity contribution in [2.24, 2.45) is 0 Å². The topological polar surface area (TPSA) is 41.8 Å². The molecule has 0 unspecified atom stereocenters. The van der Waals surface area contributed by atoms with Gasteiger partial charge < -0.3 is 4.90 Å². The summed E-state index contributed by atoms with van der Waals surface area (Å²) >= 11 is 1.93. The average molecular weight is 277 g/mol. The molecule has 100 valence electrons. The van der Waals surface area contributed by atoms with Gasteiger partial charge in [0.05, 0.1) is 25.2 Å². The number of carbonyl (C=O) groups is 2. The van der Waals surface area contributed by atoms with E-state index in [1.165, 1.54) is 9.80 Å². The van der Waals surface area contributed by atoms with Gasteiger partial charge in [0.25, 0.3) is 5.91 Å². The Morgan fingerprint density at radius 3 is 2.47 bits per heavy atom. The zero-order valence-corrected chi connectivity index (χ0v) is 11.5. The van der Waals surface area contributed by atoms with Crippen LogP contribution in [0.1, 0.15) is 6.42 Å². The van der Waals surface area contributed by atoms with Gasteiger partial charge in [-0.15, -0.1) is 0 Å². The summed E-state index contributed by atoms with van der Waals surface area (Å²) < 4.78 is 0. The summed E-state index contributed by atoms with van der Waals surface area (Å²) in [5.41, 5.74) is 0.700. The van der Waals surface area contributed by atoms with Crippen molar-refractivity contribution in [1.29, 1.82) is 0 Å². The molecule has 19 heavy (non-hydrogen) atoms. The number of imide groups is 1. The molecule has 1 atom stereocenters. The molecule has 2 aliphatic heterocycles. The van der Waals surface area contributed by atoms with Gasteiger partial charge >= 0.3 is 0 Å². The molecular weight excluding hydrogens is 260 g/mol. The average Bonchev–Trinajstić information content (AvgIpc) is 2.76. The zero-order valence-electron chi connectivity index (χ0n) is 10.7. The number of nitrogens with zero attached hydrogens (tertiary/aromatic N) is 1. The van der Waals surface area contributed by atoms with Crippen molar-refractivity contribution in [2.45, 2.75) is 12.5 Å². The SMILES string of the molecule is O=C1C[C@H]([NH+]2CCSCC2)C(=O)N1c1ccccc1. The monoisotopic (exact) mass is 277 g/mol. The maximum absolute atomic E-state index is 12.5. The van der Waals surface area contributed by atoms with Gasteiger partial charge in [0.15, 0.2) is 6.04 Å². The van der Waals surface area contributed by atoms with Crippen LogP contribution >= 0.6 is 11.8 Å². The summed E-state index contributed by atoms with van der Waals surface area (Å²) in [5.74, 6) is 2.07. The third-order valence-electron chi connectivity index (χ3n) is 3.79. The number of rotatable bonds is 2. The number of benzene rings is 1. The first-order valence-electron chi connectivity index (χ1n) is 6.61. The van der Waals surface area contributed by atoms with Crippen molar-refractivity contribution in [3.63, 3.8) is 0 Å². The minimum Gasteiger partial charge on any atom is -0.323 e. The summed E-state index contributed by atoms with van der Waals surface area (Å²) in [7, 11) is 0. The number of nitrogens with one attached hydrogen (secondary N) is 1. The lowest BCUT2D eigenvalue weighted by Gasteiger charge is -2.27. The molecule has 2 aliphatic rings. The van der Waals surface area contributed by atoms with Crippen LogP contribution < -0.4 is 9.80 Å². The first-order chi connectivity index (χ1) is 9.27. The largest absolute Gasteiger partial charge is 0.323 e. The fraction of sp³-hybridized carbons (Fsp3) is 0.429. The van der Waals surface area contributed by atoms with E-state index in [-0.39, 0.29) is 17.9 Å². The number of para-hydroxylation sites is 1. The molecule has 2 amide bonds. The minimum absolute atomic E-state index is 0.0295. The predicted octanol–water partition coefficient (Wildman–Crippen LogP) is -0.0498. The highest BCUT2D eigenvalue weighted by Crippen LogP contribution is 2.21. The first kappa shape index (κ1) is 12.7. The van der Waals surface area contributed by atoms with Crippen LogP contribution in [0.25, 0.3) is 0 Å². The highest BCUT2D eigenvalue weighted by Gasteiger charge is 2.45. The predicted molar refractivity (Wildman–Crippen MR) is 75.4 cm³/mol. The molecule has 5 heteroatoms. The van der Waals surface area contributed by atoms with Crippen molar-refractivity contribution in [2.75, 3.05) is 29.5 Å². The zero-order chi connectivity index (χ0) is 13.2. The van der Waals surface area contributed by atoms with E-state index in [1.807, 2.05) is 42.1 Å². The molecule has 0 aromatic heterocycles. The summed E-state index contributed by atoms with van der Waals surface area (Å²) in [6.07, 6.45) is 0.355. The molecule has 0 saturated carbocycles. The third-order valence-corrected chi connectivity index (χ3v) is 4.77. The van der Waals surface area contributed by atoms with E-state index in [0.717, 1.165) is 24.6 Å². The lowest BCUT2D eigenvalue weighted by atomic mass is 10.2. The molecule has 0 radical (unpaired) electrons. The first-order valence-corrected chi connectivity index (χ1v) is 7.77. The second kappa shape index (κ2) is 5.35. The van der Waals surface area contributed by atoms with E-state index in [2.05, 4.69) is 0 Å². The number of amides is 2. The normalized spacial score (nSPS) is 25.1. The van der Waals surface area contributed by atoms with Gasteiger partial charge in [-0.25, -0.2) is 4.90 Å². The van der Waals surface area contributed by atoms with E-state index >= 15 is 0 Å². The van der Waals surface area contributed by atoms with Crippen LogP contribution in [0, 0.1) is 0 Å². The van der Waals surface area contributed by atoms with Crippen LogP contribution in [0.2, 0.25) is 0 Å². The number of thioether (sulfide) groups is 1. The Hall–Kier alpha value is -1.33. The van der Waals surface area contributed by atoms with E-state index in [9.17, 15) is 9.59 Å². The molecule has 4 nitrogen and oxygen atoms in total. The van der Waals surface area contributed by atoms with Crippen LogP contribution in [-0.2, 0) is 9.59 Å². The van der Waals surface area contributed by atoms with Gasteiger partial charge in [-0.3, -0.25) is 9.59 Å². The maximum Gasteiger partial charge on any atom is 0.292 e. The Kier molecular flexibility index (Phi) is 3.57. The Bertz CT molecular complexity index is 485. The molecule has 2 fully saturated rings. The van der Waals surface area contributed by atoms with Crippen LogP contribution in [0.4, 0.5) is 5.69 Å². The van der Waals surface area contributed by atoms with Crippen LogP contribution in [0.5, 0.6) is 0 Å². The van der Waals surface area contributed by atoms with Crippen LogP contribution in [0.15, 0.2) is 30.3 Å². The fourth-order valence-electron chi connectivity index (χ4n) is 2.78. The standard InChI is InChI=1S/C14H16N2O2S/c17-13-10-12(15-6-8-19-9-7-15)14(18)16(13)11-4-2-1-3-5-11/h1-5,12H,6-10H2/p+1/t12-/m0/s1. The van der Waals surface area contributed by atoms with Gasteiger partial charge in [-0.1, -0.05) is 18.2 Å². The van der Waals surface area contributed by atoms with Crippen molar-refractivity contribution >= 4 is 29.3 Å². The lowest BCUT2D eigenvalue weighted by Crippen LogP contribution is -3.18. The van der Waals surface area contributed by atoms with Gasteiger partial charge in [-0.05, 0) is 12.1 Å². The number of quaternary nitrogens is 1. The summed E-state index contributed by atoms with van der Waals surface area (Å²) in [4.78, 5) is 27.3. The minimum atomic E-state index is -0.173. The van der Waals surface area contributed by atoms with Crippen molar-refractivity contribution in [1.82, 2.24) is 0 Å². The van der Waals surface area contributed by atoms with Crippen molar-refractivity contribution < 1.29 is 14.5 Å². The summed E-state index contributed by atoms with van der Waals surface area (Å²) in [5, 5.41) is 0. The molecule has 1 aromatic carbocycles. The number of hydrogen-bond acceptors (Lipinski definition) is 3. The molecule has 2 heterocycles. The van der Waals surface area contributed by atoms with Gasteiger partial charge in [0, 0.05) is 11.5 Å². The smallest absolute Gasteiger partial charge is 0.292 e. The second-order valence-electron chi connectivity index (χ2n) is 4.93. The van der Waals surface area contributed by atoms with E-state index < -0.39 is 0 Å². The molecule has 3 rings (SSSR count). The number of hydrogen-bond donors (Lipinski definition) is 1. The third kappa shape index (κ3) is 2.40. The molecule has 2 saturated heterocycles. The Morgan fingerprint density at radius 1 is 1.11 bits per heavy atom. The van der Waals surface area contributed by atoms with Crippen LogP contribution in [-0.4, -0.2) is 42.5 Å².